The van der Waals surface area contributed by atoms with Gasteiger partial charge in [-0.2, -0.15) is 0 Å². The number of carbonyl (C=O) groups is 1. The maximum atomic E-state index is 13.9. The molecule has 0 aliphatic heterocycles. The molecule has 30 heavy (non-hydrogen) atoms. The van der Waals surface area contributed by atoms with E-state index in [1.807, 2.05) is 41.9 Å². The molecule has 0 fully saturated rings. The molecule has 0 saturated heterocycles. The van der Waals surface area contributed by atoms with Crippen LogP contribution in [0.5, 0.6) is 0 Å². The van der Waals surface area contributed by atoms with Crippen molar-refractivity contribution in [2.45, 2.75) is 10.9 Å². The quantitative estimate of drug-likeness (QED) is 0.439. The van der Waals surface area contributed by atoms with Crippen LogP contribution < -0.4 is 5.32 Å². The third-order valence-corrected chi connectivity index (χ3v) is 5.63. The molecule has 1 amide bonds. The predicted molar refractivity (Wildman–Crippen MR) is 117 cm³/mol. The maximum absolute atomic E-state index is 13.9. The van der Waals surface area contributed by atoms with Gasteiger partial charge < -0.3 is 9.88 Å². The summed E-state index contributed by atoms with van der Waals surface area (Å²) in [5.74, 6) is 0.431. The molecule has 0 radical (unpaired) electrons. The Labute approximate surface area is 178 Å². The van der Waals surface area contributed by atoms with Gasteiger partial charge in [-0.05, 0) is 29.8 Å². The molecule has 4 rings (SSSR count). The van der Waals surface area contributed by atoms with Crippen LogP contribution in [0.2, 0.25) is 0 Å². The number of rotatable bonds is 6. The van der Waals surface area contributed by atoms with Crippen molar-refractivity contribution in [3.05, 3.63) is 95.8 Å². The maximum Gasteiger partial charge on any atom is 0.258 e. The molecule has 0 atom stereocenters. The molecule has 4 aromatic rings. The molecule has 0 aliphatic rings. The summed E-state index contributed by atoms with van der Waals surface area (Å²) in [5, 5.41) is 12.1. The first-order valence-corrected chi connectivity index (χ1v) is 10.3. The third-order valence-electron chi connectivity index (χ3n) is 4.54. The lowest BCUT2D eigenvalue weighted by atomic mass is 10.1. The fourth-order valence-electron chi connectivity index (χ4n) is 2.99. The number of benzene rings is 3. The van der Waals surface area contributed by atoms with E-state index in [2.05, 4.69) is 27.6 Å². The minimum absolute atomic E-state index is 0.00107. The second-order valence-corrected chi connectivity index (χ2v) is 7.60. The zero-order valence-electron chi connectivity index (χ0n) is 16.2. The molecule has 0 aliphatic carbocycles. The van der Waals surface area contributed by atoms with Crippen LogP contribution in [0.3, 0.4) is 0 Å². The van der Waals surface area contributed by atoms with Crippen LogP contribution >= 0.6 is 11.8 Å². The lowest BCUT2D eigenvalue weighted by Gasteiger charge is -2.08. The van der Waals surface area contributed by atoms with Gasteiger partial charge in [0.2, 0.25) is 0 Å². The summed E-state index contributed by atoms with van der Waals surface area (Å²) < 4.78 is 15.8. The monoisotopic (exact) mass is 418 g/mol. The lowest BCUT2D eigenvalue weighted by Crippen LogP contribution is -2.13. The van der Waals surface area contributed by atoms with Crippen molar-refractivity contribution in [2.75, 3.05) is 5.32 Å². The molecule has 1 heterocycles. The summed E-state index contributed by atoms with van der Waals surface area (Å²) in [6.45, 7) is 0. The van der Waals surface area contributed by atoms with Gasteiger partial charge in [-0.25, -0.2) is 4.39 Å². The zero-order valence-corrected chi connectivity index (χ0v) is 17.1. The van der Waals surface area contributed by atoms with Gasteiger partial charge in [0.1, 0.15) is 5.82 Å². The Kier molecular flexibility index (Phi) is 5.90. The van der Waals surface area contributed by atoms with Gasteiger partial charge in [-0.1, -0.05) is 66.4 Å². The van der Waals surface area contributed by atoms with Crippen molar-refractivity contribution in [3.8, 4) is 11.4 Å². The van der Waals surface area contributed by atoms with E-state index in [0.29, 0.717) is 11.5 Å². The van der Waals surface area contributed by atoms with Gasteiger partial charge in [-0.15, -0.1) is 10.2 Å². The van der Waals surface area contributed by atoms with Gasteiger partial charge in [0.15, 0.2) is 11.0 Å². The number of halogens is 1. The Balaban J connectivity index is 1.51. The molecule has 0 unspecified atom stereocenters. The summed E-state index contributed by atoms with van der Waals surface area (Å²) in [7, 11) is 1.91. The zero-order chi connectivity index (χ0) is 20.9. The number of hydrogen-bond acceptors (Lipinski definition) is 4. The van der Waals surface area contributed by atoms with Crippen molar-refractivity contribution in [3.63, 3.8) is 0 Å². The van der Waals surface area contributed by atoms with Gasteiger partial charge in [-0.3, -0.25) is 4.79 Å². The van der Waals surface area contributed by atoms with E-state index in [1.165, 1.54) is 17.7 Å². The minimum Gasteiger partial charge on any atom is -0.322 e. The standard InChI is InChI=1S/C23H19FN4OS/c1-28-21(26-27-23(28)30-15-16-8-3-2-4-9-16)17-10-7-11-18(14-17)25-22(29)19-12-5-6-13-20(19)24/h2-14H,15H2,1H3,(H,25,29). The smallest absolute Gasteiger partial charge is 0.258 e. The van der Waals surface area contributed by atoms with Crippen LogP contribution in [0.4, 0.5) is 10.1 Å². The van der Waals surface area contributed by atoms with E-state index in [0.717, 1.165) is 16.5 Å². The third kappa shape index (κ3) is 4.41. The van der Waals surface area contributed by atoms with Gasteiger partial charge in [0, 0.05) is 24.1 Å². The van der Waals surface area contributed by atoms with Crippen LogP contribution in [0.25, 0.3) is 11.4 Å². The summed E-state index contributed by atoms with van der Waals surface area (Å²) in [6, 6.07) is 23.3. The second-order valence-electron chi connectivity index (χ2n) is 6.65. The second kappa shape index (κ2) is 8.92. The number of anilines is 1. The molecular formula is C23H19FN4OS. The average molecular weight is 418 g/mol. The van der Waals surface area contributed by atoms with Crippen molar-refractivity contribution in [2.24, 2.45) is 7.05 Å². The van der Waals surface area contributed by atoms with Crippen molar-refractivity contribution in [1.29, 1.82) is 0 Å². The summed E-state index contributed by atoms with van der Waals surface area (Å²) in [6.07, 6.45) is 0. The van der Waals surface area contributed by atoms with Crippen LogP contribution in [-0.4, -0.2) is 20.7 Å². The Morgan fingerprint density at radius 3 is 2.57 bits per heavy atom. The predicted octanol–water partition coefficient (Wildman–Crippen LogP) is 5.17. The number of hydrogen-bond donors (Lipinski definition) is 1. The number of nitrogens with one attached hydrogen (secondary N) is 1. The molecular weight excluding hydrogens is 399 g/mol. The lowest BCUT2D eigenvalue weighted by molar-refractivity contribution is 0.102. The first-order valence-electron chi connectivity index (χ1n) is 9.34. The number of thioether (sulfide) groups is 1. The highest BCUT2D eigenvalue weighted by Crippen LogP contribution is 2.26. The molecule has 0 saturated carbocycles. The number of carbonyl (C=O) groups excluding carboxylic acids is 1. The Hall–Kier alpha value is -3.45. The Morgan fingerprint density at radius 2 is 1.77 bits per heavy atom. The van der Waals surface area contributed by atoms with E-state index in [4.69, 9.17) is 0 Å². The topological polar surface area (TPSA) is 59.8 Å². The molecule has 7 heteroatoms. The SMILES string of the molecule is Cn1c(SCc2ccccc2)nnc1-c1cccc(NC(=O)c2ccccc2F)c1. The Bertz CT molecular complexity index is 1180. The van der Waals surface area contributed by atoms with E-state index in [-0.39, 0.29) is 5.56 Å². The normalized spacial score (nSPS) is 10.7. The highest BCUT2D eigenvalue weighted by atomic mass is 32.2. The Morgan fingerprint density at radius 1 is 1.00 bits per heavy atom. The van der Waals surface area contributed by atoms with Crippen molar-refractivity contribution < 1.29 is 9.18 Å². The summed E-state index contributed by atoms with van der Waals surface area (Å²) >= 11 is 1.61. The van der Waals surface area contributed by atoms with Crippen LogP contribution in [0.15, 0.2) is 84.0 Å². The molecule has 0 spiro atoms. The van der Waals surface area contributed by atoms with Crippen LogP contribution in [0, 0.1) is 5.82 Å². The van der Waals surface area contributed by atoms with E-state index in [9.17, 15) is 9.18 Å². The molecule has 1 aromatic heterocycles. The molecule has 5 nitrogen and oxygen atoms in total. The molecule has 1 N–H and O–H groups in total. The largest absolute Gasteiger partial charge is 0.322 e. The molecule has 0 bridgehead atoms. The first kappa shape index (κ1) is 19.8. The number of aromatic nitrogens is 3. The fourth-order valence-corrected chi connectivity index (χ4v) is 3.86. The van der Waals surface area contributed by atoms with Crippen molar-refractivity contribution in [1.82, 2.24) is 14.8 Å². The minimum atomic E-state index is -0.556. The first-order chi connectivity index (χ1) is 14.6. The van der Waals surface area contributed by atoms with Crippen LogP contribution in [-0.2, 0) is 12.8 Å². The molecule has 3 aromatic carbocycles. The van der Waals surface area contributed by atoms with Gasteiger partial charge >= 0.3 is 0 Å². The summed E-state index contributed by atoms with van der Waals surface area (Å²) in [5.41, 5.74) is 2.58. The van der Waals surface area contributed by atoms with E-state index >= 15 is 0 Å². The van der Waals surface area contributed by atoms with Crippen LogP contribution in [0.1, 0.15) is 15.9 Å². The number of nitrogens with zero attached hydrogens (tertiary/aromatic N) is 3. The highest BCUT2D eigenvalue weighted by molar-refractivity contribution is 7.98. The highest BCUT2D eigenvalue weighted by Gasteiger charge is 2.14. The van der Waals surface area contributed by atoms with E-state index in [1.54, 1.807) is 36.0 Å². The van der Waals surface area contributed by atoms with E-state index < -0.39 is 11.7 Å². The number of amides is 1. The van der Waals surface area contributed by atoms with Gasteiger partial charge in [0.05, 0.1) is 5.56 Å². The van der Waals surface area contributed by atoms with Gasteiger partial charge in [0.25, 0.3) is 5.91 Å². The average Bonchev–Trinajstić information content (AvgIpc) is 3.14. The fraction of sp³-hybridized carbons (Fsp3) is 0.0870. The summed E-state index contributed by atoms with van der Waals surface area (Å²) in [4.78, 5) is 12.4. The van der Waals surface area contributed by atoms with Crippen molar-refractivity contribution >= 4 is 23.4 Å². The molecule has 150 valence electrons.